The Hall–Kier alpha value is -3.49. The van der Waals surface area contributed by atoms with E-state index in [0.29, 0.717) is 16.7 Å². The number of nitrogens with one attached hydrogen (secondary N) is 1. The highest BCUT2D eigenvalue weighted by Crippen LogP contribution is 2.40. The van der Waals surface area contributed by atoms with Crippen molar-refractivity contribution in [3.8, 4) is 11.1 Å². The van der Waals surface area contributed by atoms with E-state index in [1.807, 2.05) is 42.5 Å². The zero-order valence-corrected chi connectivity index (χ0v) is 20.3. The maximum Gasteiger partial charge on any atom is 0.305 e. The second-order valence-electron chi connectivity index (χ2n) is 8.75. The first kappa shape index (κ1) is 24.6. The molecule has 0 aliphatic carbocycles. The molecule has 35 heavy (non-hydrogen) atoms. The fourth-order valence-corrected chi connectivity index (χ4v) is 5.93. The molecule has 0 amide bonds. The lowest BCUT2D eigenvalue weighted by atomic mass is 9.95. The number of sulfonamides is 1. The molecule has 182 valence electrons. The average Bonchev–Trinajstić information content (AvgIpc) is 2.82. The fraction of sp³-hybridized carbons (Fsp3) is 0.222. The normalized spacial score (nSPS) is 18.9. The van der Waals surface area contributed by atoms with E-state index in [2.05, 4.69) is 9.71 Å². The molecular formula is C27H27FN2O4S. The minimum Gasteiger partial charge on any atom is -0.456 e. The molecule has 2 N–H and O–H groups in total. The summed E-state index contributed by atoms with van der Waals surface area (Å²) in [6, 6.07) is 23.1. The van der Waals surface area contributed by atoms with Crippen molar-refractivity contribution in [2.45, 2.75) is 31.1 Å². The maximum atomic E-state index is 14.2. The third-order valence-electron chi connectivity index (χ3n) is 5.79. The standard InChI is InChI=1S/C27H27FN2O4S/c1-27(2)25(21-14-12-20(13-15-21)19-8-4-3-5-9-19)35(32,33)30-26(34-27)29-18-22(16-17-31)23-10-6-7-11-24(23)28/h3-15,18,25,31H,16-17H2,1-2H3,(H,29,30)/b22-18-. The van der Waals surface area contributed by atoms with E-state index in [4.69, 9.17) is 4.74 Å². The summed E-state index contributed by atoms with van der Waals surface area (Å²) in [7, 11) is -4.00. The van der Waals surface area contributed by atoms with Gasteiger partial charge in [-0.3, -0.25) is 0 Å². The van der Waals surface area contributed by atoms with E-state index >= 15 is 0 Å². The van der Waals surface area contributed by atoms with Crippen LogP contribution in [0.3, 0.4) is 0 Å². The molecule has 3 aromatic rings. The van der Waals surface area contributed by atoms with Gasteiger partial charge in [0, 0.05) is 18.4 Å². The largest absolute Gasteiger partial charge is 0.456 e. The molecule has 0 bridgehead atoms. The molecule has 0 saturated carbocycles. The molecule has 0 radical (unpaired) electrons. The average molecular weight is 495 g/mol. The van der Waals surface area contributed by atoms with Crippen LogP contribution in [0, 0.1) is 5.82 Å². The molecule has 0 fully saturated rings. The van der Waals surface area contributed by atoms with Gasteiger partial charge in [-0.25, -0.2) is 12.8 Å². The van der Waals surface area contributed by atoms with Gasteiger partial charge in [-0.05, 0) is 48.6 Å². The number of amidine groups is 1. The Bertz CT molecular complexity index is 1350. The van der Waals surface area contributed by atoms with Crippen LogP contribution in [0.2, 0.25) is 0 Å². The smallest absolute Gasteiger partial charge is 0.305 e. The van der Waals surface area contributed by atoms with E-state index in [9.17, 15) is 17.9 Å². The number of nitrogens with zero attached hydrogens (tertiary/aromatic N) is 1. The van der Waals surface area contributed by atoms with Crippen LogP contribution in [0.1, 0.15) is 36.6 Å². The predicted molar refractivity (Wildman–Crippen MR) is 135 cm³/mol. The Kier molecular flexibility index (Phi) is 7.05. The van der Waals surface area contributed by atoms with Crippen molar-refractivity contribution in [2.75, 3.05) is 6.61 Å². The number of benzene rings is 3. The first-order valence-electron chi connectivity index (χ1n) is 11.2. The molecule has 6 nitrogen and oxygen atoms in total. The molecule has 0 spiro atoms. The summed E-state index contributed by atoms with van der Waals surface area (Å²) in [5.74, 6) is -0.451. The van der Waals surface area contributed by atoms with Crippen molar-refractivity contribution in [3.05, 3.63) is 102 Å². The van der Waals surface area contributed by atoms with Gasteiger partial charge in [-0.2, -0.15) is 0 Å². The van der Waals surface area contributed by atoms with Crippen LogP contribution in [0.5, 0.6) is 0 Å². The molecule has 8 heteroatoms. The summed E-state index contributed by atoms with van der Waals surface area (Å²) < 4.78 is 50.5. The van der Waals surface area contributed by atoms with Gasteiger partial charge < -0.3 is 15.2 Å². The number of rotatable bonds is 6. The van der Waals surface area contributed by atoms with E-state index in [1.165, 1.54) is 12.3 Å². The zero-order chi connectivity index (χ0) is 25.1. The van der Waals surface area contributed by atoms with Gasteiger partial charge >= 0.3 is 6.02 Å². The summed E-state index contributed by atoms with van der Waals surface area (Å²) in [4.78, 5) is 0. The summed E-state index contributed by atoms with van der Waals surface area (Å²) in [6.45, 7) is 3.16. The Morgan fingerprint density at radius 3 is 2.29 bits per heavy atom. The highest BCUT2D eigenvalue weighted by molar-refractivity contribution is 7.90. The summed E-state index contributed by atoms with van der Waals surface area (Å²) in [5, 5.41) is 11.1. The van der Waals surface area contributed by atoms with Crippen LogP contribution < -0.4 is 5.32 Å². The van der Waals surface area contributed by atoms with Crippen molar-refractivity contribution in [1.82, 2.24) is 5.32 Å². The van der Waals surface area contributed by atoms with Gasteiger partial charge in [0.2, 0.25) is 0 Å². The van der Waals surface area contributed by atoms with Crippen LogP contribution in [-0.4, -0.2) is 31.8 Å². The number of aliphatic hydroxyl groups excluding tert-OH is 1. The minimum absolute atomic E-state index is 0.160. The molecule has 1 aliphatic heterocycles. The summed E-state index contributed by atoms with van der Waals surface area (Å²) in [5.41, 5.74) is 2.18. The van der Waals surface area contributed by atoms with E-state index in [-0.39, 0.29) is 19.0 Å². The molecule has 1 atom stereocenters. The fourth-order valence-electron chi connectivity index (χ4n) is 4.23. The molecule has 0 aromatic heterocycles. The Balaban J connectivity index is 1.62. The lowest BCUT2D eigenvalue weighted by Gasteiger charge is -2.37. The molecule has 3 aromatic carbocycles. The highest BCUT2D eigenvalue weighted by Gasteiger charge is 2.47. The summed E-state index contributed by atoms with van der Waals surface area (Å²) >= 11 is 0. The first-order chi connectivity index (χ1) is 16.7. The molecule has 1 aliphatic rings. The van der Waals surface area contributed by atoms with Gasteiger partial charge in [-0.15, -0.1) is 4.40 Å². The van der Waals surface area contributed by atoms with Crippen molar-refractivity contribution >= 4 is 21.6 Å². The van der Waals surface area contributed by atoms with E-state index < -0.39 is 26.7 Å². The number of ether oxygens (including phenoxy) is 1. The Labute approximate surface area is 204 Å². The summed E-state index contributed by atoms with van der Waals surface area (Å²) in [6.07, 6.45) is 1.57. The van der Waals surface area contributed by atoms with Crippen LogP contribution in [0.15, 0.2) is 89.5 Å². The molecule has 1 unspecified atom stereocenters. The van der Waals surface area contributed by atoms with Crippen molar-refractivity contribution < 1.29 is 22.7 Å². The number of aliphatic hydroxyl groups is 1. The van der Waals surface area contributed by atoms with Gasteiger partial charge in [-0.1, -0.05) is 72.8 Å². The van der Waals surface area contributed by atoms with Gasteiger partial charge in [0.25, 0.3) is 10.0 Å². The number of halogens is 1. The van der Waals surface area contributed by atoms with Gasteiger partial charge in [0.1, 0.15) is 16.7 Å². The first-order valence-corrected chi connectivity index (χ1v) is 12.7. The third-order valence-corrected chi connectivity index (χ3v) is 7.65. The lowest BCUT2D eigenvalue weighted by molar-refractivity contribution is 0.0797. The van der Waals surface area contributed by atoms with E-state index in [0.717, 1.165) is 11.1 Å². The predicted octanol–water partition coefficient (Wildman–Crippen LogP) is 5.04. The van der Waals surface area contributed by atoms with Crippen LogP contribution in [-0.2, 0) is 14.8 Å². The highest BCUT2D eigenvalue weighted by atomic mass is 32.2. The van der Waals surface area contributed by atoms with Crippen molar-refractivity contribution in [2.24, 2.45) is 4.40 Å². The van der Waals surface area contributed by atoms with Crippen molar-refractivity contribution in [1.29, 1.82) is 0 Å². The van der Waals surface area contributed by atoms with Gasteiger partial charge in [0.05, 0.1) is 0 Å². The zero-order valence-electron chi connectivity index (χ0n) is 19.5. The maximum absolute atomic E-state index is 14.2. The van der Waals surface area contributed by atoms with Crippen LogP contribution in [0.4, 0.5) is 4.39 Å². The second kappa shape index (κ2) is 10.0. The monoisotopic (exact) mass is 494 g/mol. The Morgan fingerprint density at radius 1 is 1.03 bits per heavy atom. The molecule has 4 rings (SSSR count). The molecule has 0 saturated heterocycles. The molecular weight excluding hydrogens is 467 g/mol. The van der Waals surface area contributed by atoms with Crippen LogP contribution >= 0.6 is 0 Å². The Morgan fingerprint density at radius 2 is 1.66 bits per heavy atom. The van der Waals surface area contributed by atoms with E-state index in [1.54, 1.807) is 44.2 Å². The minimum atomic E-state index is -4.00. The lowest BCUT2D eigenvalue weighted by Crippen LogP contribution is -2.46. The topological polar surface area (TPSA) is 88.0 Å². The van der Waals surface area contributed by atoms with Crippen LogP contribution in [0.25, 0.3) is 16.7 Å². The van der Waals surface area contributed by atoms with Crippen molar-refractivity contribution in [3.63, 3.8) is 0 Å². The third kappa shape index (κ3) is 5.44. The molecule has 1 heterocycles. The number of hydrogen-bond acceptors (Lipinski definition) is 5. The quantitative estimate of drug-likeness (QED) is 0.501. The van der Waals surface area contributed by atoms with Gasteiger partial charge in [0.15, 0.2) is 0 Å². The second-order valence-corrected chi connectivity index (χ2v) is 10.4. The number of hydrogen-bond donors (Lipinski definition) is 2. The SMILES string of the molecule is CC1(C)OC(N/C=C(/CCO)c2ccccc2F)=NS(=O)(=O)C1c1ccc(-c2ccccc2)cc1.